The molecule has 5 rings (SSSR count). The Morgan fingerprint density at radius 3 is 2.66 bits per heavy atom. The van der Waals surface area contributed by atoms with Gasteiger partial charge in [0.05, 0.1) is 16.4 Å². The standard InChI is InChI=1S/C25H17N3O6S/c29-21(17-5-4-8-19(13-17)28(31)32)14-35-25-26-20(24(30)27(25)18-6-2-1-3-7-18)11-16-9-10-22-23(12-16)34-15-33-22/h1-13H,14-15H2/b20-11-. The summed E-state index contributed by atoms with van der Waals surface area (Å²) < 4.78 is 10.7. The quantitative estimate of drug-likeness (QED) is 0.215. The van der Waals surface area contributed by atoms with Crippen LogP contribution < -0.4 is 14.4 Å². The topological polar surface area (TPSA) is 111 Å². The summed E-state index contributed by atoms with van der Waals surface area (Å²) in [5, 5.41) is 11.4. The predicted molar refractivity (Wildman–Crippen MR) is 132 cm³/mol. The molecule has 9 nitrogen and oxygen atoms in total. The lowest BCUT2D eigenvalue weighted by atomic mass is 10.1. The van der Waals surface area contributed by atoms with Gasteiger partial charge in [-0.05, 0) is 35.9 Å². The number of aliphatic imine (C=N–C) groups is 1. The Bertz CT molecular complexity index is 1400. The fraction of sp³-hybridized carbons (Fsp3) is 0.0800. The average molecular weight is 487 g/mol. The number of carbonyl (C=O) groups is 2. The summed E-state index contributed by atoms with van der Waals surface area (Å²) in [6, 6.07) is 19.9. The highest BCUT2D eigenvalue weighted by molar-refractivity contribution is 8.14. The number of ether oxygens (including phenoxy) is 2. The molecule has 0 N–H and O–H groups in total. The number of nitro benzene ring substituents is 1. The summed E-state index contributed by atoms with van der Waals surface area (Å²) >= 11 is 1.09. The molecule has 2 heterocycles. The van der Waals surface area contributed by atoms with Crippen LogP contribution >= 0.6 is 11.8 Å². The summed E-state index contributed by atoms with van der Waals surface area (Å²) in [6.07, 6.45) is 1.65. The van der Waals surface area contributed by atoms with Crippen molar-refractivity contribution >= 4 is 46.1 Å². The lowest BCUT2D eigenvalue weighted by Gasteiger charge is -2.17. The van der Waals surface area contributed by atoms with Gasteiger partial charge in [-0.1, -0.05) is 48.2 Å². The van der Waals surface area contributed by atoms with Crippen LogP contribution in [0.1, 0.15) is 15.9 Å². The van der Waals surface area contributed by atoms with Crippen molar-refractivity contribution in [2.45, 2.75) is 0 Å². The van der Waals surface area contributed by atoms with Crippen molar-refractivity contribution in [2.24, 2.45) is 4.99 Å². The van der Waals surface area contributed by atoms with E-state index in [-0.39, 0.29) is 41.2 Å². The van der Waals surface area contributed by atoms with Crippen molar-refractivity contribution in [1.82, 2.24) is 0 Å². The molecule has 0 spiro atoms. The molecule has 2 aliphatic heterocycles. The largest absolute Gasteiger partial charge is 0.454 e. The maximum Gasteiger partial charge on any atom is 0.283 e. The summed E-state index contributed by atoms with van der Waals surface area (Å²) in [5.74, 6) is 0.531. The third-order valence-electron chi connectivity index (χ3n) is 5.26. The Hall–Kier alpha value is -4.44. The van der Waals surface area contributed by atoms with Crippen LogP contribution in [0, 0.1) is 10.1 Å². The number of nitro groups is 1. The molecule has 35 heavy (non-hydrogen) atoms. The van der Waals surface area contributed by atoms with Crippen LogP contribution in [-0.4, -0.2) is 34.3 Å². The van der Waals surface area contributed by atoms with Crippen molar-refractivity contribution in [2.75, 3.05) is 17.4 Å². The van der Waals surface area contributed by atoms with Crippen LogP contribution in [0.4, 0.5) is 11.4 Å². The first kappa shape index (κ1) is 22.4. The van der Waals surface area contributed by atoms with Crippen molar-refractivity contribution in [1.29, 1.82) is 0 Å². The number of fused-ring (bicyclic) bond motifs is 1. The molecule has 0 atom stereocenters. The summed E-state index contributed by atoms with van der Waals surface area (Å²) in [6.45, 7) is 0.146. The van der Waals surface area contributed by atoms with Gasteiger partial charge in [-0.25, -0.2) is 4.99 Å². The molecule has 3 aromatic carbocycles. The molecule has 2 aliphatic rings. The van der Waals surface area contributed by atoms with Gasteiger partial charge in [-0.15, -0.1) is 0 Å². The Morgan fingerprint density at radius 1 is 1.06 bits per heavy atom. The number of benzene rings is 3. The SMILES string of the molecule is O=C(CSC1=N/C(=C\c2ccc3c(c2)OCO3)C(=O)N1c1ccccc1)c1cccc([N+](=O)[O-])c1. The summed E-state index contributed by atoms with van der Waals surface area (Å²) in [5.41, 5.74) is 1.60. The molecular formula is C25H17N3O6S. The Labute approximate surface area is 203 Å². The highest BCUT2D eigenvalue weighted by Gasteiger charge is 2.32. The van der Waals surface area contributed by atoms with Crippen LogP contribution in [0.15, 0.2) is 83.5 Å². The van der Waals surface area contributed by atoms with E-state index < -0.39 is 4.92 Å². The zero-order chi connectivity index (χ0) is 24.4. The van der Waals surface area contributed by atoms with Gasteiger partial charge < -0.3 is 9.47 Å². The first-order valence-corrected chi connectivity index (χ1v) is 11.5. The van der Waals surface area contributed by atoms with Gasteiger partial charge in [0.15, 0.2) is 22.4 Å². The molecule has 0 aromatic heterocycles. The number of para-hydroxylation sites is 1. The lowest BCUT2D eigenvalue weighted by molar-refractivity contribution is -0.384. The van der Waals surface area contributed by atoms with Crippen LogP contribution in [0.3, 0.4) is 0 Å². The number of carbonyl (C=O) groups excluding carboxylic acids is 2. The molecule has 1 amide bonds. The van der Waals surface area contributed by atoms with Crippen LogP contribution in [0.2, 0.25) is 0 Å². The van der Waals surface area contributed by atoms with Crippen molar-refractivity contribution < 1.29 is 24.0 Å². The van der Waals surface area contributed by atoms with E-state index in [1.165, 1.54) is 29.2 Å². The van der Waals surface area contributed by atoms with E-state index in [9.17, 15) is 19.7 Å². The molecule has 10 heteroatoms. The van der Waals surface area contributed by atoms with Crippen LogP contribution in [-0.2, 0) is 4.79 Å². The second kappa shape index (κ2) is 9.43. The molecule has 174 valence electrons. The van der Waals surface area contributed by atoms with E-state index in [0.29, 0.717) is 27.9 Å². The summed E-state index contributed by atoms with van der Waals surface area (Å²) in [7, 11) is 0. The first-order valence-electron chi connectivity index (χ1n) is 10.5. The molecular weight excluding hydrogens is 470 g/mol. The molecule has 0 fully saturated rings. The molecule has 0 aliphatic carbocycles. The van der Waals surface area contributed by atoms with Gasteiger partial charge in [-0.2, -0.15) is 0 Å². The second-order valence-electron chi connectivity index (χ2n) is 7.53. The van der Waals surface area contributed by atoms with E-state index in [0.717, 1.165) is 11.8 Å². The minimum atomic E-state index is -0.548. The van der Waals surface area contributed by atoms with E-state index in [1.807, 2.05) is 6.07 Å². The van der Waals surface area contributed by atoms with Gasteiger partial charge in [-0.3, -0.25) is 24.6 Å². The van der Waals surface area contributed by atoms with E-state index in [1.54, 1.807) is 48.5 Å². The molecule has 0 saturated heterocycles. The number of amidine groups is 1. The maximum atomic E-state index is 13.3. The second-order valence-corrected chi connectivity index (χ2v) is 8.47. The number of hydrogen-bond donors (Lipinski definition) is 0. The fourth-order valence-corrected chi connectivity index (χ4v) is 4.47. The van der Waals surface area contributed by atoms with Gasteiger partial charge in [0.1, 0.15) is 5.70 Å². The molecule has 0 saturated carbocycles. The van der Waals surface area contributed by atoms with Crippen LogP contribution in [0.5, 0.6) is 11.5 Å². The molecule has 0 radical (unpaired) electrons. The molecule has 0 unspecified atom stereocenters. The monoisotopic (exact) mass is 487 g/mol. The van der Waals surface area contributed by atoms with Gasteiger partial charge in [0.2, 0.25) is 6.79 Å². The third kappa shape index (κ3) is 4.64. The van der Waals surface area contributed by atoms with Crippen molar-refractivity contribution in [3.8, 4) is 11.5 Å². The van der Waals surface area contributed by atoms with Crippen molar-refractivity contribution in [3.05, 3.63) is 99.7 Å². The van der Waals surface area contributed by atoms with Crippen molar-refractivity contribution in [3.63, 3.8) is 0 Å². The minimum absolute atomic E-state index is 0.0477. The van der Waals surface area contributed by atoms with Gasteiger partial charge in [0, 0.05) is 17.7 Å². The minimum Gasteiger partial charge on any atom is -0.454 e. The third-order valence-corrected chi connectivity index (χ3v) is 6.19. The zero-order valence-electron chi connectivity index (χ0n) is 18.1. The normalized spacial score (nSPS) is 15.4. The van der Waals surface area contributed by atoms with Gasteiger partial charge >= 0.3 is 0 Å². The lowest BCUT2D eigenvalue weighted by Crippen LogP contribution is -2.30. The molecule has 3 aromatic rings. The number of rotatable bonds is 6. The number of Topliss-reactive ketones (excluding diaryl/α,β-unsaturated/α-hetero) is 1. The van der Waals surface area contributed by atoms with Gasteiger partial charge in [0.25, 0.3) is 11.6 Å². The Balaban J connectivity index is 1.42. The maximum absolute atomic E-state index is 13.3. The number of thioether (sulfide) groups is 1. The first-order chi connectivity index (χ1) is 17.0. The number of amides is 1. The van der Waals surface area contributed by atoms with E-state index in [4.69, 9.17) is 9.47 Å². The highest BCUT2D eigenvalue weighted by Crippen LogP contribution is 2.34. The molecule has 0 bridgehead atoms. The Kier molecular flexibility index (Phi) is 6.02. The highest BCUT2D eigenvalue weighted by atomic mass is 32.2. The fourth-order valence-electron chi connectivity index (χ4n) is 3.57. The van der Waals surface area contributed by atoms with E-state index in [2.05, 4.69) is 4.99 Å². The average Bonchev–Trinajstić information content (AvgIpc) is 3.47. The number of ketones is 1. The number of anilines is 1. The summed E-state index contributed by atoms with van der Waals surface area (Å²) in [4.78, 5) is 42.5. The predicted octanol–water partition coefficient (Wildman–Crippen LogP) is 4.68. The van der Waals surface area contributed by atoms with Crippen LogP contribution in [0.25, 0.3) is 6.08 Å². The number of nitrogens with zero attached hydrogens (tertiary/aromatic N) is 3. The number of hydrogen-bond acceptors (Lipinski definition) is 8. The smallest absolute Gasteiger partial charge is 0.283 e. The Morgan fingerprint density at radius 2 is 1.86 bits per heavy atom. The zero-order valence-corrected chi connectivity index (χ0v) is 18.9. The van der Waals surface area contributed by atoms with E-state index >= 15 is 0 Å². The number of non-ortho nitro benzene ring substituents is 1.